The van der Waals surface area contributed by atoms with Gasteiger partial charge in [-0.1, -0.05) is 0 Å². The largest absolute Gasteiger partial charge is 0.469 e. The molecule has 16 heavy (non-hydrogen) atoms. The van der Waals surface area contributed by atoms with Gasteiger partial charge in [-0.3, -0.25) is 9.36 Å². The van der Waals surface area contributed by atoms with Gasteiger partial charge in [-0.25, -0.2) is 0 Å². The van der Waals surface area contributed by atoms with Crippen molar-refractivity contribution in [1.29, 1.82) is 0 Å². The smallest absolute Gasteiger partial charge is 0.451 e. The second kappa shape index (κ2) is 5.03. The van der Waals surface area contributed by atoms with E-state index in [1.807, 2.05) is 0 Å². The number of aliphatic hydroxyl groups is 1. The van der Waals surface area contributed by atoms with E-state index in [4.69, 9.17) is 24.5 Å². The van der Waals surface area contributed by atoms with Gasteiger partial charge in [0, 0.05) is 6.42 Å². The zero-order valence-corrected chi connectivity index (χ0v) is 10.0. The van der Waals surface area contributed by atoms with Crippen LogP contribution in [0, 0.1) is 0 Å². The molecule has 0 aromatic carbocycles. The standard InChI is InChI=1S/C5H12O9P2/c1-14-4(6)2-3-5(7,15(8,9)10)16(11,12)13/h7-10H,2-3H2,1H3,(H-,11,12,13)/p+1. The van der Waals surface area contributed by atoms with Crippen molar-refractivity contribution in [3.05, 3.63) is 0 Å². The van der Waals surface area contributed by atoms with Crippen LogP contribution in [0.5, 0.6) is 0 Å². The molecule has 0 fully saturated rings. The Labute approximate surface area is 91.0 Å². The minimum Gasteiger partial charge on any atom is -0.469 e. The highest BCUT2D eigenvalue weighted by molar-refractivity contribution is 7.75. The van der Waals surface area contributed by atoms with Gasteiger partial charge in [0.15, 0.2) is 0 Å². The minimum absolute atomic E-state index is 0.693. The molecule has 1 unspecified atom stereocenters. The van der Waals surface area contributed by atoms with Gasteiger partial charge in [-0.15, -0.1) is 0 Å². The van der Waals surface area contributed by atoms with Crippen LogP contribution in [0.25, 0.3) is 0 Å². The van der Waals surface area contributed by atoms with Crippen molar-refractivity contribution in [2.45, 2.75) is 17.9 Å². The third-order valence-electron chi connectivity index (χ3n) is 1.84. The number of ether oxygens (including phenoxy) is 1. The number of hydrogen-bond acceptors (Lipinski definition) is 7. The molecule has 0 aliphatic rings. The molecule has 0 aliphatic carbocycles. The molecule has 0 amide bonds. The van der Waals surface area contributed by atoms with E-state index in [1.54, 1.807) is 0 Å². The zero-order chi connectivity index (χ0) is 13.2. The SMILES string of the molecule is COC(=O)CCC(O)(P(=O)(O)O)[P+](O)(O)O. The molecule has 0 rings (SSSR count). The summed E-state index contributed by atoms with van der Waals surface area (Å²) in [6, 6.07) is 0. The minimum atomic E-state index is -5.43. The quantitative estimate of drug-likeness (QED) is 0.259. The topological polar surface area (TPSA) is 165 Å². The van der Waals surface area contributed by atoms with Crippen LogP contribution in [0.15, 0.2) is 0 Å². The molecule has 0 aromatic heterocycles. The molecule has 0 bridgehead atoms. The Morgan fingerprint density at radius 1 is 1.38 bits per heavy atom. The number of rotatable bonds is 5. The van der Waals surface area contributed by atoms with Gasteiger partial charge in [0.05, 0.1) is 13.5 Å². The second-order valence-corrected chi connectivity index (χ2v) is 7.02. The van der Waals surface area contributed by atoms with Crippen molar-refractivity contribution in [2.24, 2.45) is 0 Å². The summed E-state index contributed by atoms with van der Waals surface area (Å²) in [5.74, 6) is -0.930. The van der Waals surface area contributed by atoms with Crippen LogP contribution < -0.4 is 0 Å². The second-order valence-electron chi connectivity index (χ2n) is 2.96. The fraction of sp³-hybridized carbons (Fsp3) is 0.800. The molecule has 0 saturated heterocycles. The number of carbonyl (C=O) groups is 1. The Morgan fingerprint density at radius 2 is 1.81 bits per heavy atom. The molecule has 9 nitrogen and oxygen atoms in total. The molecule has 0 spiro atoms. The van der Waals surface area contributed by atoms with Gasteiger partial charge in [-0.2, -0.15) is 14.7 Å². The Balaban J connectivity index is 5.00. The first-order valence-corrected chi connectivity index (χ1v) is 7.14. The lowest BCUT2D eigenvalue weighted by atomic mass is 10.3. The van der Waals surface area contributed by atoms with E-state index in [0.717, 1.165) is 7.11 Å². The van der Waals surface area contributed by atoms with Crippen LogP contribution in [0.4, 0.5) is 0 Å². The first-order chi connectivity index (χ1) is 6.95. The van der Waals surface area contributed by atoms with Crippen molar-refractivity contribution in [2.75, 3.05) is 7.11 Å². The molecule has 6 N–H and O–H groups in total. The van der Waals surface area contributed by atoms with Gasteiger partial charge in [-0.05, 0) is 0 Å². The van der Waals surface area contributed by atoms with Gasteiger partial charge in [0.2, 0.25) is 0 Å². The normalized spacial score (nSPS) is 16.7. The highest BCUT2D eigenvalue weighted by Gasteiger charge is 2.69. The first-order valence-electron chi connectivity index (χ1n) is 3.88. The number of methoxy groups -OCH3 is 1. The molecule has 1 atom stereocenters. The maximum absolute atomic E-state index is 10.8. The predicted molar refractivity (Wildman–Crippen MR) is 51.8 cm³/mol. The van der Waals surface area contributed by atoms with E-state index in [9.17, 15) is 14.5 Å². The Hall–Kier alpha value is -0.110. The van der Waals surface area contributed by atoms with Crippen LogP contribution >= 0.6 is 15.5 Å². The van der Waals surface area contributed by atoms with Crippen LogP contribution in [0.1, 0.15) is 12.8 Å². The average Bonchev–Trinajstić information content (AvgIpc) is 2.09. The molecular formula is C5H13O9P2+. The molecule has 0 aliphatic heterocycles. The number of carbonyl (C=O) groups excluding carboxylic acids is 1. The first kappa shape index (κ1) is 15.9. The predicted octanol–water partition coefficient (Wildman–Crippen LogP) is -1.50. The summed E-state index contributed by atoms with van der Waals surface area (Å²) < 4.78 is 15.0. The van der Waals surface area contributed by atoms with Gasteiger partial charge in [0.25, 0.3) is 0 Å². The molecule has 0 heterocycles. The van der Waals surface area contributed by atoms with Crippen LogP contribution in [-0.4, -0.2) is 47.7 Å². The Morgan fingerprint density at radius 3 is 2.06 bits per heavy atom. The van der Waals surface area contributed by atoms with E-state index in [-0.39, 0.29) is 0 Å². The van der Waals surface area contributed by atoms with E-state index >= 15 is 0 Å². The van der Waals surface area contributed by atoms with Crippen LogP contribution in [-0.2, 0) is 14.1 Å². The van der Waals surface area contributed by atoms with Gasteiger partial charge in [0.1, 0.15) is 0 Å². The molecule has 0 saturated carbocycles. The summed E-state index contributed by atoms with van der Waals surface area (Å²) in [5, 5.41) is 5.91. The molecule has 11 heteroatoms. The third-order valence-corrected chi connectivity index (χ3v) is 5.77. The zero-order valence-electron chi connectivity index (χ0n) is 8.22. The van der Waals surface area contributed by atoms with Gasteiger partial charge >= 0.3 is 26.6 Å². The van der Waals surface area contributed by atoms with E-state index < -0.39 is 39.4 Å². The van der Waals surface area contributed by atoms with Crippen LogP contribution in [0.2, 0.25) is 0 Å². The summed E-state index contributed by atoms with van der Waals surface area (Å²) in [6.07, 6.45) is -1.73. The average molecular weight is 279 g/mol. The maximum Gasteiger partial charge on any atom is 0.451 e. The fourth-order valence-corrected chi connectivity index (χ4v) is 3.06. The third kappa shape index (κ3) is 3.44. The van der Waals surface area contributed by atoms with Crippen molar-refractivity contribution < 1.29 is 43.7 Å². The lowest BCUT2D eigenvalue weighted by Crippen LogP contribution is -2.32. The van der Waals surface area contributed by atoms with Crippen molar-refractivity contribution in [1.82, 2.24) is 0 Å². The summed E-state index contributed by atoms with van der Waals surface area (Å²) in [5.41, 5.74) is 0. The fourth-order valence-electron chi connectivity index (χ4n) is 0.842. The maximum atomic E-state index is 10.8. The van der Waals surface area contributed by atoms with Crippen LogP contribution in [0.3, 0.4) is 0 Å². The van der Waals surface area contributed by atoms with E-state index in [0.29, 0.717) is 0 Å². The highest BCUT2D eigenvalue weighted by Crippen LogP contribution is 2.73. The van der Waals surface area contributed by atoms with E-state index in [2.05, 4.69) is 4.74 Å². The lowest BCUT2D eigenvalue weighted by molar-refractivity contribution is -0.141. The summed E-state index contributed by atoms with van der Waals surface area (Å²) >= 11 is 0. The molecule has 0 aromatic rings. The lowest BCUT2D eigenvalue weighted by Gasteiger charge is -2.26. The molecule has 0 radical (unpaired) electrons. The number of hydrogen-bond donors (Lipinski definition) is 6. The molecule has 96 valence electrons. The van der Waals surface area contributed by atoms with Crippen molar-refractivity contribution >= 4 is 21.5 Å². The Kier molecular flexibility index (Phi) is 5.00. The summed E-state index contributed by atoms with van der Waals surface area (Å²) in [6.45, 7) is 0. The van der Waals surface area contributed by atoms with Crippen molar-refractivity contribution in [3.8, 4) is 0 Å². The molecular weight excluding hydrogens is 266 g/mol. The monoisotopic (exact) mass is 279 g/mol. The Bertz CT molecular complexity index is 304. The summed E-state index contributed by atoms with van der Waals surface area (Å²) in [4.78, 5) is 54.5. The summed E-state index contributed by atoms with van der Waals surface area (Å²) in [7, 11) is -9.67. The van der Waals surface area contributed by atoms with Gasteiger partial charge < -0.3 is 19.6 Å². The highest BCUT2D eigenvalue weighted by atomic mass is 31.3. The number of esters is 1. The van der Waals surface area contributed by atoms with E-state index in [1.165, 1.54) is 0 Å². The van der Waals surface area contributed by atoms with Crippen molar-refractivity contribution in [3.63, 3.8) is 0 Å².